The van der Waals surface area contributed by atoms with Gasteiger partial charge in [-0.3, -0.25) is 4.31 Å². The van der Waals surface area contributed by atoms with Crippen molar-refractivity contribution in [3.63, 3.8) is 0 Å². The lowest BCUT2D eigenvalue weighted by Gasteiger charge is -2.19. The second kappa shape index (κ2) is 4.82. The minimum Gasteiger partial charge on any atom is -0.269 e. The second-order valence-corrected chi connectivity index (χ2v) is 6.09. The summed E-state index contributed by atoms with van der Waals surface area (Å²) in [6.07, 6.45) is 0. The third-order valence-electron chi connectivity index (χ3n) is 2.77. The van der Waals surface area contributed by atoms with E-state index < -0.39 is 10.0 Å². The summed E-state index contributed by atoms with van der Waals surface area (Å²) in [5.41, 5.74) is 1.58. The summed E-state index contributed by atoms with van der Waals surface area (Å²) in [5.74, 6) is 0. The molecule has 0 aliphatic heterocycles. The van der Waals surface area contributed by atoms with Crippen LogP contribution in [0.4, 0.5) is 5.69 Å². The molecule has 0 amide bonds. The van der Waals surface area contributed by atoms with Crippen LogP contribution in [0.3, 0.4) is 0 Å². The maximum atomic E-state index is 12.4. The van der Waals surface area contributed by atoms with Crippen molar-refractivity contribution < 1.29 is 8.42 Å². The Hall–Kier alpha value is -1.81. The van der Waals surface area contributed by atoms with E-state index in [4.69, 9.17) is 0 Å². The van der Waals surface area contributed by atoms with Gasteiger partial charge in [-0.05, 0) is 36.8 Å². The molecule has 0 aliphatic carbocycles. The number of para-hydroxylation sites is 1. The molecule has 0 atom stereocenters. The molecule has 0 saturated heterocycles. The Kier molecular flexibility index (Phi) is 3.39. The zero-order chi connectivity index (χ0) is 13.2. The normalized spacial score (nSPS) is 11.2. The molecule has 0 bridgehead atoms. The molecule has 0 heterocycles. The molecule has 18 heavy (non-hydrogen) atoms. The topological polar surface area (TPSA) is 37.4 Å². The molecule has 0 unspecified atom stereocenters. The number of anilines is 1. The minimum absolute atomic E-state index is 0.314. The number of sulfonamides is 1. The van der Waals surface area contributed by atoms with Gasteiger partial charge >= 0.3 is 0 Å². The van der Waals surface area contributed by atoms with Crippen LogP contribution in [0, 0.1) is 6.92 Å². The number of hydrogen-bond acceptors (Lipinski definition) is 2. The van der Waals surface area contributed by atoms with Crippen LogP contribution in [0.25, 0.3) is 0 Å². The van der Waals surface area contributed by atoms with E-state index in [0.717, 1.165) is 5.56 Å². The van der Waals surface area contributed by atoms with E-state index in [9.17, 15) is 8.42 Å². The van der Waals surface area contributed by atoms with Crippen LogP contribution in [0.2, 0.25) is 0 Å². The molecule has 0 fully saturated rings. The Morgan fingerprint density at radius 2 is 1.61 bits per heavy atom. The van der Waals surface area contributed by atoms with Crippen molar-refractivity contribution in [3.05, 3.63) is 60.2 Å². The first-order valence-electron chi connectivity index (χ1n) is 5.62. The van der Waals surface area contributed by atoms with Crippen molar-refractivity contribution in [1.82, 2.24) is 0 Å². The third-order valence-corrected chi connectivity index (χ3v) is 4.55. The van der Waals surface area contributed by atoms with Gasteiger partial charge in [0.2, 0.25) is 0 Å². The Labute approximate surface area is 108 Å². The van der Waals surface area contributed by atoms with E-state index in [1.807, 2.05) is 31.2 Å². The van der Waals surface area contributed by atoms with Crippen LogP contribution in [-0.2, 0) is 10.0 Å². The van der Waals surface area contributed by atoms with Gasteiger partial charge in [0.05, 0.1) is 10.6 Å². The Bertz CT molecular complexity index is 636. The van der Waals surface area contributed by atoms with Crippen LogP contribution < -0.4 is 4.31 Å². The highest BCUT2D eigenvalue weighted by molar-refractivity contribution is 7.92. The second-order valence-electron chi connectivity index (χ2n) is 4.12. The SMILES string of the molecule is Cc1cccc(S(=O)(=O)N(C)c2ccccc2)c1. The van der Waals surface area contributed by atoms with Gasteiger partial charge in [-0.25, -0.2) is 8.42 Å². The predicted molar refractivity (Wildman–Crippen MR) is 73.2 cm³/mol. The van der Waals surface area contributed by atoms with Gasteiger partial charge in [0.1, 0.15) is 0 Å². The average molecular weight is 261 g/mol. The summed E-state index contributed by atoms with van der Waals surface area (Å²) in [7, 11) is -1.92. The summed E-state index contributed by atoms with van der Waals surface area (Å²) in [6.45, 7) is 1.88. The number of aryl methyl sites for hydroxylation is 1. The third kappa shape index (κ3) is 2.38. The van der Waals surface area contributed by atoms with Gasteiger partial charge in [0.15, 0.2) is 0 Å². The van der Waals surface area contributed by atoms with Crippen LogP contribution in [0.15, 0.2) is 59.5 Å². The zero-order valence-electron chi connectivity index (χ0n) is 10.4. The van der Waals surface area contributed by atoms with Gasteiger partial charge < -0.3 is 0 Å². The minimum atomic E-state index is -3.48. The first-order valence-corrected chi connectivity index (χ1v) is 7.06. The summed E-state index contributed by atoms with van der Waals surface area (Å²) >= 11 is 0. The molecule has 4 heteroatoms. The first-order chi connectivity index (χ1) is 8.51. The molecule has 0 N–H and O–H groups in total. The number of hydrogen-bond donors (Lipinski definition) is 0. The lowest BCUT2D eigenvalue weighted by Crippen LogP contribution is -2.26. The van der Waals surface area contributed by atoms with Crippen LogP contribution >= 0.6 is 0 Å². The summed E-state index contributed by atoms with van der Waals surface area (Å²) in [4.78, 5) is 0.314. The molecule has 0 radical (unpaired) electrons. The molecule has 2 aromatic rings. The average Bonchev–Trinajstić information content (AvgIpc) is 2.39. The molecular formula is C14H15NO2S. The highest BCUT2D eigenvalue weighted by atomic mass is 32.2. The molecule has 0 aliphatic rings. The van der Waals surface area contributed by atoms with Gasteiger partial charge in [-0.2, -0.15) is 0 Å². The number of rotatable bonds is 3. The van der Waals surface area contributed by atoms with Crippen molar-refractivity contribution in [2.45, 2.75) is 11.8 Å². The van der Waals surface area contributed by atoms with Crippen LogP contribution in [0.1, 0.15) is 5.56 Å². The molecule has 0 spiro atoms. The largest absolute Gasteiger partial charge is 0.269 e. The van der Waals surface area contributed by atoms with Gasteiger partial charge in [-0.1, -0.05) is 30.3 Å². The molecule has 0 saturated carbocycles. The lowest BCUT2D eigenvalue weighted by molar-refractivity contribution is 0.594. The molecular weight excluding hydrogens is 246 g/mol. The predicted octanol–water partition coefficient (Wildman–Crippen LogP) is 2.82. The van der Waals surface area contributed by atoms with E-state index in [-0.39, 0.29) is 0 Å². The number of nitrogens with zero attached hydrogens (tertiary/aromatic N) is 1. The van der Waals surface area contributed by atoms with Crippen LogP contribution in [0.5, 0.6) is 0 Å². The fourth-order valence-electron chi connectivity index (χ4n) is 1.71. The summed E-state index contributed by atoms with van der Waals surface area (Å²) < 4.78 is 26.1. The van der Waals surface area contributed by atoms with Crippen molar-refractivity contribution in [2.24, 2.45) is 0 Å². The summed E-state index contributed by atoms with van der Waals surface area (Å²) in [5, 5.41) is 0. The molecule has 2 rings (SSSR count). The Morgan fingerprint density at radius 1 is 0.944 bits per heavy atom. The smallest absolute Gasteiger partial charge is 0.264 e. The van der Waals surface area contributed by atoms with Crippen molar-refractivity contribution >= 4 is 15.7 Å². The fraction of sp³-hybridized carbons (Fsp3) is 0.143. The fourth-order valence-corrected chi connectivity index (χ4v) is 3.01. The molecule has 0 aromatic heterocycles. The van der Waals surface area contributed by atoms with Gasteiger partial charge in [0, 0.05) is 7.05 Å². The van der Waals surface area contributed by atoms with E-state index in [1.165, 1.54) is 4.31 Å². The molecule has 3 nitrogen and oxygen atoms in total. The van der Waals surface area contributed by atoms with E-state index in [0.29, 0.717) is 10.6 Å². The van der Waals surface area contributed by atoms with Crippen LogP contribution in [-0.4, -0.2) is 15.5 Å². The highest BCUT2D eigenvalue weighted by Crippen LogP contribution is 2.21. The maximum Gasteiger partial charge on any atom is 0.264 e. The zero-order valence-corrected chi connectivity index (χ0v) is 11.2. The Morgan fingerprint density at radius 3 is 2.22 bits per heavy atom. The quantitative estimate of drug-likeness (QED) is 0.852. The van der Waals surface area contributed by atoms with E-state index >= 15 is 0 Å². The molecule has 94 valence electrons. The molecule has 2 aromatic carbocycles. The van der Waals surface area contributed by atoms with Crippen molar-refractivity contribution in [1.29, 1.82) is 0 Å². The lowest BCUT2D eigenvalue weighted by atomic mass is 10.2. The number of benzene rings is 2. The Balaban J connectivity index is 2.44. The van der Waals surface area contributed by atoms with Gasteiger partial charge in [-0.15, -0.1) is 0 Å². The first kappa shape index (κ1) is 12.6. The van der Waals surface area contributed by atoms with Crippen molar-refractivity contribution in [3.8, 4) is 0 Å². The maximum absolute atomic E-state index is 12.4. The van der Waals surface area contributed by atoms with E-state index in [2.05, 4.69) is 0 Å². The van der Waals surface area contributed by atoms with Gasteiger partial charge in [0.25, 0.3) is 10.0 Å². The standard InChI is InChI=1S/C14H15NO2S/c1-12-7-6-10-14(11-12)18(16,17)15(2)13-8-4-3-5-9-13/h3-11H,1-2H3. The van der Waals surface area contributed by atoms with E-state index in [1.54, 1.807) is 37.4 Å². The monoisotopic (exact) mass is 261 g/mol. The van der Waals surface area contributed by atoms with Crippen molar-refractivity contribution in [2.75, 3.05) is 11.4 Å². The summed E-state index contributed by atoms with van der Waals surface area (Å²) in [6, 6.07) is 16.0. The highest BCUT2D eigenvalue weighted by Gasteiger charge is 2.20.